The van der Waals surface area contributed by atoms with E-state index in [2.05, 4.69) is 20.6 Å². The van der Waals surface area contributed by atoms with Crippen molar-refractivity contribution in [2.45, 2.75) is 6.42 Å². The predicted molar refractivity (Wildman–Crippen MR) is 79.0 cm³/mol. The Bertz CT molecular complexity index is 763. The van der Waals surface area contributed by atoms with Gasteiger partial charge in [-0.1, -0.05) is 35.5 Å². The fourth-order valence-corrected chi connectivity index (χ4v) is 2.05. The highest BCUT2D eigenvalue weighted by atomic mass is 16.5. The van der Waals surface area contributed by atoms with Crippen LogP contribution < -0.4 is 5.32 Å². The van der Waals surface area contributed by atoms with E-state index in [1.54, 1.807) is 10.7 Å². The van der Waals surface area contributed by atoms with Gasteiger partial charge in [0.25, 0.3) is 5.91 Å². The van der Waals surface area contributed by atoms with Crippen molar-refractivity contribution >= 4 is 5.91 Å². The van der Waals surface area contributed by atoms with Gasteiger partial charge in [-0.25, -0.2) is 4.98 Å². The molecule has 1 amide bonds. The molecule has 7 nitrogen and oxygen atoms in total. The molecule has 0 saturated carbocycles. The Hall–Kier alpha value is -2.96. The van der Waals surface area contributed by atoms with Crippen molar-refractivity contribution < 1.29 is 9.32 Å². The summed E-state index contributed by atoms with van der Waals surface area (Å²) in [4.78, 5) is 16.1. The zero-order chi connectivity index (χ0) is 15.4. The number of rotatable bonds is 5. The lowest BCUT2D eigenvalue weighted by atomic mass is 10.1. The van der Waals surface area contributed by atoms with Crippen LogP contribution in [-0.4, -0.2) is 32.4 Å². The Morgan fingerprint density at radius 3 is 2.86 bits per heavy atom. The normalized spacial score (nSPS) is 10.6. The topological polar surface area (TPSA) is 85.8 Å². The molecule has 0 aliphatic rings. The first-order valence-electron chi connectivity index (χ1n) is 6.87. The minimum absolute atomic E-state index is 0.191. The summed E-state index contributed by atoms with van der Waals surface area (Å²) in [6, 6.07) is 11.2. The van der Waals surface area contributed by atoms with Crippen molar-refractivity contribution in [3.8, 4) is 11.3 Å². The zero-order valence-electron chi connectivity index (χ0n) is 12.1. The summed E-state index contributed by atoms with van der Waals surface area (Å²) in [5, 5.41) is 10.7. The summed E-state index contributed by atoms with van der Waals surface area (Å²) in [7, 11) is 1.81. The lowest BCUT2D eigenvalue weighted by Crippen LogP contribution is -2.26. The van der Waals surface area contributed by atoms with E-state index in [4.69, 9.17) is 4.52 Å². The summed E-state index contributed by atoms with van der Waals surface area (Å²) in [6.07, 6.45) is 2.08. The molecule has 2 aromatic heterocycles. The molecule has 0 radical (unpaired) electrons. The first kappa shape index (κ1) is 14.0. The second kappa shape index (κ2) is 6.21. The van der Waals surface area contributed by atoms with Crippen LogP contribution in [0.25, 0.3) is 11.3 Å². The maximum atomic E-state index is 12.0. The standard InChI is InChI=1S/C15H15N5O2/c1-20-14(17-10-18-20)7-8-16-15(21)13-9-12(19-22-13)11-5-3-2-4-6-11/h2-6,9-10H,7-8H2,1H3,(H,16,21). The largest absolute Gasteiger partial charge is 0.350 e. The Morgan fingerprint density at radius 1 is 1.32 bits per heavy atom. The molecule has 2 heterocycles. The van der Waals surface area contributed by atoms with Gasteiger partial charge in [0.15, 0.2) is 0 Å². The smallest absolute Gasteiger partial charge is 0.289 e. The fraction of sp³-hybridized carbons (Fsp3) is 0.200. The van der Waals surface area contributed by atoms with Crippen molar-refractivity contribution in [2.24, 2.45) is 7.05 Å². The Labute approximate surface area is 127 Å². The van der Waals surface area contributed by atoms with Crippen LogP contribution in [0.4, 0.5) is 0 Å². The molecule has 0 spiro atoms. The summed E-state index contributed by atoms with van der Waals surface area (Å²) in [6.45, 7) is 0.451. The van der Waals surface area contributed by atoms with Crippen LogP contribution in [0.15, 0.2) is 47.2 Å². The number of carbonyl (C=O) groups is 1. The van der Waals surface area contributed by atoms with E-state index in [0.29, 0.717) is 18.7 Å². The van der Waals surface area contributed by atoms with Crippen LogP contribution in [0.5, 0.6) is 0 Å². The Balaban J connectivity index is 1.59. The number of benzene rings is 1. The summed E-state index contributed by atoms with van der Waals surface area (Å²) < 4.78 is 6.77. The van der Waals surface area contributed by atoms with E-state index >= 15 is 0 Å². The molecule has 7 heteroatoms. The molecule has 22 heavy (non-hydrogen) atoms. The number of aromatic nitrogens is 4. The number of amides is 1. The van der Waals surface area contributed by atoms with Crippen molar-refractivity contribution in [2.75, 3.05) is 6.54 Å². The van der Waals surface area contributed by atoms with Crippen LogP contribution in [0.2, 0.25) is 0 Å². The third-order valence-corrected chi connectivity index (χ3v) is 3.24. The second-order valence-electron chi connectivity index (χ2n) is 4.75. The van der Waals surface area contributed by atoms with E-state index in [-0.39, 0.29) is 11.7 Å². The van der Waals surface area contributed by atoms with Gasteiger partial charge in [0.05, 0.1) is 0 Å². The maximum Gasteiger partial charge on any atom is 0.289 e. The highest BCUT2D eigenvalue weighted by Crippen LogP contribution is 2.18. The molecule has 1 aromatic carbocycles. The minimum Gasteiger partial charge on any atom is -0.350 e. The molecule has 0 fully saturated rings. The van der Waals surface area contributed by atoms with Gasteiger partial charge in [0.2, 0.25) is 5.76 Å². The molecule has 0 saturated heterocycles. The first-order valence-corrected chi connectivity index (χ1v) is 6.87. The van der Waals surface area contributed by atoms with Gasteiger partial charge in [0.1, 0.15) is 17.8 Å². The SMILES string of the molecule is Cn1ncnc1CCNC(=O)c1cc(-c2ccccc2)no1. The van der Waals surface area contributed by atoms with Crippen molar-refractivity contribution in [3.63, 3.8) is 0 Å². The van der Waals surface area contributed by atoms with Gasteiger partial charge < -0.3 is 9.84 Å². The molecule has 112 valence electrons. The highest BCUT2D eigenvalue weighted by Gasteiger charge is 2.13. The minimum atomic E-state index is -0.295. The molecule has 0 atom stereocenters. The summed E-state index contributed by atoms with van der Waals surface area (Å²) in [5.41, 5.74) is 1.54. The molecule has 0 aliphatic carbocycles. The van der Waals surface area contributed by atoms with Crippen LogP contribution in [0.3, 0.4) is 0 Å². The number of nitrogens with one attached hydrogen (secondary N) is 1. The number of carbonyl (C=O) groups excluding carboxylic acids is 1. The van der Waals surface area contributed by atoms with Gasteiger partial charge in [-0.15, -0.1) is 0 Å². The summed E-state index contributed by atoms with van der Waals surface area (Å²) in [5.74, 6) is 0.705. The van der Waals surface area contributed by atoms with Gasteiger partial charge in [-0.2, -0.15) is 5.10 Å². The third kappa shape index (κ3) is 3.03. The van der Waals surface area contributed by atoms with E-state index < -0.39 is 0 Å². The lowest BCUT2D eigenvalue weighted by molar-refractivity contribution is 0.0917. The number of aryl methyl sites for hydroxylation is 1. The van der Waals surface area contributed by atoms with E-state index in [1.165, 1.54) is 6.33 Å². The van der Waals surface area contributed by atoms with Crippen molar-refractivity contribution in [3.05, 3.63) is 54.3 Å². The summed E-state index contributed by atoms with van der Waals surface area (Å²) >= 11 is 0. The zero-order valence-corrected chi connectivity index (χ0v) is 12.1. The van der Waals surface area contributed by atoms with Gasteiger partial charge in [-0.3, -0.25) is 9.48 Å². The van der Waals surface area contributed by atoms with Crippen LogP contribution >= 0.6 is 0 Å². The Kier molecular flexibility index (Phi) is 3.95. The van der Waals surface area contributed by atoms with Crippen LogP contribution in [0.1, 0.15) is 16.4 Å². The predicted octanol–water partition coefficient (Wildman–Crippen LogP) is 1.44. The fourth-order valence-electron chi connectivity index (χ4n) is 2.05. The molecular weight excluding hydrogens is 282 g/mol. The van der Waals surface area contributed by atoms with Crippen LogP contribution in [0, 0.1) is 0 Å². The van der Waals surface area contributed by atoms with Crippen LogP contribution in [-0.2, 0) is 13.5 Å². The van der Waals surface area contributed by atoms with Gasteiger partial charge >= 0.3 is 0 Å². The molecule has 3 rings (SSSR count). The average molecular weight is 297 g/mol. The number of nitrogens with zero attached hydrogens (tertiary/aromatic N) is 4. The number of hydrogen-bond donors (Lipinski definition) is 1. The quantitative estimate of drug-likeness (QED) is 0.770. The van der Waals surface area contributed by atoms with E-state index in [9.17, 15) is 4.79 Å². The average Bonchev–Trinajstić information content (AvgIpc) is 3.18. The van der Waals surface area contributed by atoms with Gasteiger partial charge in [-0.05, 0) is 0 Å². The molecular formula is C15H15N5O2. The monoisotopic (exact) mass is 297 g/mol. The molecule has 1 N–H and O–H groups in total. The molecule has 3 aromatic rings. The maximum absolute atomic E-state index is 12.0. The Morgan fingerprint density at radius 2 is 2.14 bits per heavy atom. The van der Waals surface area contributed by atoms with E-state index in [0.717, 1.165) is 11.4 Å². The van der Waals surface area contributed by atoms with Crippen molar-refractivity contribution in [1.82, 2.24) is 25.2 Å². The lowest BCUT2D eigenvalue weighted by Gasteiger charge is -2.02. The van der Waals surface area contributed by atoms with Gasteiger partial charge in [0, 0.05) is 31.6 Å². The first-order chi connectivity index (χ1) is 10.7. The second-order valence-corrected chi connectivity index (χ2v) is 4.75. The molecule has 0 aliphatic heterocycles. The van der Waals surface area contributed by atoms with Crippen molar-refractivity contribution in [1.29, 1.82) is 0 Å². The third-order valence-electron chi connectivity index (χ3n) is 3.24. The molecule has 0 bridgehead atoms. The molecule has 0 unspecified atom stereocenters. The number of hydrogen-bond acceptors (Lipinski definition) is 5. The van der Waals surface area contributed by atoms with E-state index in [1.807, 2.05) is 37.4 Å². The highest BCUT2D eigenvalue weighted by molar-refractivity contribution is 5.92.